The fourth-order valence-electron chi connectivity index (χ4n) is 3.00. The number of likely N-dealkylation sites (tertiary alicyclic amines) is 1. The van der Waals surface area contributed by atoms with Crippen LogP contribution in [0, 0.1) is 12.7 Å². The van der Waals surface area contributed by atoms with Gasteiger partial charge in [0, 0.05) is 18.8 Å². The molecular weight excluding hydrogens is 299 g/mol. The number of amides is 1. The minimum atomic E-state index is -0.628. The van der Waals surface area contributed by atoms with Crippen LogP contribution in [0.1, 0.15) is 33.9 Å². The van der Waals surface area contributed by atoms with E-state index in [1.165, 1.54) is 24.4 Å². The minimum absolute atomic E-state index is 0.208. The zero-order valence-corrected chi connectivity index (χ0v) is 12.6. The van der Waals surface area contributed by atoms with Crippen molar-refractivity contribution in [1.82, 2.24) is 9.88 Å². The molecule has 6 heteroatoms. The molecule has 1 fully saturated rings. The number of pyridine rings is 1. The van der Waals surface area contributed by atoms with Gasteiger partial charge in [0.1, 0.15) is 5.82 Å². The van der Waals surface area contributed by atoms with Gasteiger partial charge >= 0.3 is 0 Å². The Morgan fingerprint density at radius 2 is 2.04 bits per heavy atom. The number of hydrogen-bond acceptors (Lipinski definition) is 3. The van der Waals surface area contributed by atoms with Crippen molar-refractivity contribution in [3.8, 4) is 0 Å². The first-order valence-electron chi connectivity index (χ1n) is 7.39. The Morgan fingerprint density at radius 1 is 1.35 bits per heavy atom. The average Bonchev–Trinajstić information content (AvgIpc) is 2.89. The number of aliphatic hydroxyl groups excluding tert-OH is 1. The molecule has 1 aliphatic rings. The molecule has 2 aromatic rings. The van der Waals surface area contributed by atoms with Gasteiger partial charge in [-0.05, 0) is 36.6 Å². The van der Waals surface area contributed by atoms with E-state index < -0.39 is 6.10 Å². The van der Waals surface area contributed by atoms with E-state index in [4.69, 9.17) is 0 Å². The molecule has 3 rings (SSSR count). The lowest BCUT2D eigenvalue weighted by atomic mass is 10.0. The summed E-state index contributed by atoms with van der Waals surface area (Å²) in [5.41, 5.74) is 1.48. The van der Waals surface area contributed by atoms with Crippen molar-refractivity contribution in [2.24, 2.45) is 0 Å². The summed E-state index contributed by atoms with van der Waals surface area (Å²) >= 11 is 0. The lowest BCUT2D eigenvalue weighted by molar-refractivity contribution is 0.0714. The van der Waals surface area contributed by atoms with E-state index in [2.05, 4.69) is 4.98 Å². The van der Waals surface area contributed by atoms with Gasteiger partial charge in [-0.2, -0.15) is 0 Å². The Hall–Kier alpha value is -2.47. The van der Waals surface area contributed by atoms with Crippen LogP contribution in [0.15, 0.2) is 41.3 Å². The number of β-amino-alcohol motifs (C(OH)–C–C–N with tert-alkyl or cyclic N) is 1. The van der Waals surface area contributed by atoms with Crippen LogP contribution in [0.25, 0.3) is 0 Å². The first kappa shape index (κ1) is 15.4. The molecule has 2 atom stereocenters. The monoisotopic (exact) mass is 316 g/mol. The fraction of sp³-hybridized carbons (Fsp3) is 0.294. The number of halogens is 1. The summed E-state index contributed by atoms with van der Waals surface area (Å²) in [4.78, 5) is 28.2. The molecule has 0 radical (unpaired) electrons. The van der Waals surface area contributed by atoms with Gasteiger partial charge in [-0.15, -0.1) is 0 Å². The van der Waals surface area contributed by atoms with Gasteiger partial charge in [-0.25, -0.2) is 4.39 Å². The van der Waals surface area contributed by atoms with Crippen molar-refractivity contribution in [2.75, 3.05) is 6.54 Å². The van der Waals surface area contributed by atoms with Gasteiger partial charge in [0.25, 0.3) is 5.91 Å². The van der Waals surface area contributed by atoms with E-state index >= 15 is 0 Å². The number of rotatable bonds is 2. The van der Waals surface area contributed by atoms with Crippen LogP contribution in [0.5, 0.6) is 0 Å². The molecule has 0 bridgehead atoms. The van der Waals surface area contributed by atoms with Gasteiger partial charge in [-0.3, -0.25) is 9.59 Å². The highest BCUT2D eigenvalue weighted by Gasteiger charge is 2.36. The normalized spacial score (nSPS) is 20.7. The Labute approximate surface area is 132 Å². The molecule has 1 aromatic heterocycles. The molecule has 1 aliphatic heterocycles. The summed E-state index contributed by atoms with van der Waals surface area (Å²) in [6, 6.07) is 6.98. The predicted molar refractivity (Wildman–Crippen MR) is 82.6 cm³/mol. The molecule has 23 heavy (non-hydrogen) atoms. The quantitative estimate of drug-likeness (QED) is 0.887. The third kappa shape index (κ3) is 3.03. The second-order valence-electron chi connectivity index (χ2n) is 5.81. The maximum absolute atomic E-state index is 13.1. The molecule has 5 nitrogen and oxygen atoms in total. The lowest BCUT2D eigenvalue weighted by Crippen LogP contribution is -2.32. The number of aromatic amines is 1. The van der Waals surface area contributed by atoms with E-state index in [0.717, 1.165) is 5.56 Å². The smallest absolute Gasteiger partial charge is 0.256 e. The Balaban J connectivity index is 1.94. The molecule has 0 unspecified atom stereocenters. The van der Waals surface area contributed by atoms with Crippen LogP contribution >= 0.6 is 0 Å². The lowest BCUT2D eigenvalue weighted by Gasteiger charge is -2.25. The van der Waals surface area contributed by atoms with Crippen LogP contribution in [0.3, 0.4) is 0 Å². The van der Waals surface area contributed by atoms with Crippen LogP contribution in [0.2, 0.25) is 0 Å². The van der Waals surface area contributed by atoms with Crippen LogP contribution in [-0.2, 0) is 0 Å². The molecule has 1 aromatic carbocycles. The maximum atomic E-state index is 13.1. The van der Waals surface area contributed by atoms with E-state index in [0.29, 0.717) is 17.5 Å². The van der Waals surface area contributed by atoms with Crippen molar-refractivity contribution in [3.05, 3.63) is 69.4 Å². The van der Waals surface area contributed by atoms with Gasteiger partial charge in [0.05, 0.1) is 17.7 Å². The molecule has 1 saturated heterocycles. The van der Waals surface area contributed by atoms with Crippen LogP contribution in [0.4, 0.5) is 4.39 Å². The van der Waals surface area contributed by atoms with Gasteiger partial charge in [0.2, 0.25) is 5.56 Å². The number of aromatic nitrogens is 1. The van der Waals surface area contributed by atoms with E-state index in [-0.39, 0.29) is 29.9 Å². The third-order valence-corrected chi connectivity index (χ3v) is 4.16. The van der Waals surface area contributed by atoms with Crippen LogP contribution in [-0.4, -0.2) is 33.5 Å². The molecule has 120 valence electrons. The average molecular weight is 316 g/mol. The highest BCUT2D eigenvalue weighted by Crippen LogP contribution is 2.33. The summed E-state index contributed by atoms with van der Waals surface area (Å²) < 4.78 is 13.1. The zero-order valence-electron chi connectivity index (χ0n) is 12.6. The number of hydrogen-bond donors (Lipinski definition) is 2. The summed E-state index contributed by atoms with van der Waals surface area (Å²) in [6.07, 6.45) is 1.17. The zero-order chi connectivity index (χ0) is 16.6. The molecule has 0 aliphatic carbocycles. The predicted octanol–water partition coefficient (Wildman–Crippen LogP) is 1.77. The second-order valence-corrected chi connectivity index (χ2v) is 5.81. The Morgan fingerprint density at radius 3 is 2.70 bits per heavy atom. The highest BCUT2D eigenvalue weighted by atomic mass is 19.1. The molecular formula is C17H17FN2O3. The number of benzene rings is 1. The first-order valence-corrected chi connectivity index (χ1v) is 7.39. The van der Waals surface area contributed by atoms with Crippen molar-refractivity contribution < 1.29 is 14.3 Å². The molecule has 1 amide bonds. The van der Waals surface area contributed by atoms with E-state index in [1.807, 2.05) is 0 Å². The Bertz CT molecular complexity index is 785. The molecule has 0 spiro atoms. The van der Waals surface area contributed by atoms with Gasteiger partial charge < -0.3 is 15.0 Å². The highest BCUT2D eigenvalue weighted by molar-refractivity contribution is 5.95. The summed E-state index contributed by atoms with van der Waals surface area (Å²) in [7, 11) is 0. The van der Waals surface area contributed by atoms with Gasteiger partial charge in [0.15, 0.2) is 0 Å². The number of aliphatic hydroxyl groups is 1. The first-order chi connectivity index (χ1) is 11.0. The largest absolute Gasteiger partial charge is 0.391 e. The minimum Gasteiger partial charge on any atom is -0.391 e. The Kier molecular flexibility index (Phi) is 4.00. The SMILES string of the molecule is Cc1cc(=O)[nH]cc1C(=O)N1C[C@H](O)C[C@H]1c1ccc(F)cc1. The molecule has 2 N–H and O–H groups in total. The topological polar surface area (TPSA) is 73.4 Å². The second kappa shape index (κ2) is 5.96. The van der Waals surface area contributed by atoms with E-state index in [9.17, 15) is 19.1 Å². The summed E-state index contributed by atoms with van der Waals surface area (Å²) in [6.45, 7) is 1.90. The molecule has 2 heterocycles. The number of carbonyl (C=O) groups is 1. The van der Waals surface area contributed by atoms with Crippen molar-refractivity contribution >= 4 is 5.91 Å². The van der Waals surface area contributed by atoms with Crippen molar-refractivity contribution in [3.63, 3.8) is 0 Å². The number of nitrogens with one attached hydrogen (secondary N) is 1. The fourth-order valence-corrected chi connectivity index (χ4v) is 3.00. The van der Waals surface area contributed by atoms with Crippen molar-refractivity contribution in [2.45, 2.75) is 25.5 Å². The standard InChI is InChI=1S/C17H17FN2O3/c1-10-6-16(22)19-8-14(10)17(23)20-9-13(21)7-15(20)11-2-4-12(18)5-3-11/h2-6,8,13,15,21H,7,9H2,1H3,(H,19,22)/t13-,15+/m1/s1. The molecule has 0 saturated carbocycles. The summed E-state index contributed by atoms with van der Waals surface area (Å²) in [5, 5.41) is 9.97. The number of nitrogens with zero attached hydrogens (tertiary/aromatic N) is 1. The third-order valence-electron chi connectivity index (χ3n) is 4.16. The van der Waals surface area contributed by atoms with Crippen molar-refractivity contribution in [1.29, 1.82) is 0 Å². The van der Waals surface area contributed by atoms with Gasteiger partial charge in [-0.1, -0.05) is 12.1 Å². The number of carbonyl (C=O) groups excluding carboxylic acids is 1. The number of H-pyrrole nitrogens is 1. The maximum Gasteiger partial charge on any atom is 0.256 e. The van der Waals surface area contributed by atoms with E-state index in [1.54, 1.807) is 24.0 Å². The number of aryl methyl sites for hydroxylation is 1. The summed E-state index contributed by atoms with van der Waals surface area (Å²) in [5.74, 6) is -0.605. The van der Waals surface area contributed by atoms with Crippen LogP contribution < -0.4 is 5.56 Å².